The van der Waals surface area contributed by atoms with Gasteiger partial charge in [-0.3, -0.25) is 0 Å². The van der Waals surface area contributed by atoms with Gasteiger partial charge in [0.05, 0.1) is 10.6 Å². The van der Waals surface area contributed by atoms with Gasteiger partial charge < -0.3 is 0 Å². The number of hydrogen-bond donors (Lipinski definition) is 0. The minimum atomic E-state index is -3.80. The summed E-state index contributed by atoms with van der Waals surface area (Å²) in [5.41, 5.74) is 4.24. The molecule has 3 nitrogen and oxygen atoms in total. The summed E-state index contributed by atoms with van der Waals surface area (Å²) in [5.74, 6) is 0. The fourth-order valence-electron chi connectivity index (χ4n) is 2.54. The van der Waals surface area contributed by atoms with E-state index >= 15 is 0 Å². The molecule has 0 saturated carbocycles. The molecule has 0 amide bonds. The zero-order chi connectivity index (χ0) is 19.3. The molecule has 3 aromatic carbocycles. The van der Waals surface area contributed by atoms with Crippen molar-refractivity contribution in [2.45, 2.75) is 18.7 Å². The van der Waals surface area contributed by atoms with E-state index in [0.29, 0.717) is 5.71 Å². The number of rotatable bonds is 5. The van der Waals surface area contributed by atoms with E-state index in [-0.39, 0.29) is 4.90 Å². The van der Waals surface area contributed by atoms with Crippen molar-refractivity contribution in [1.29, 1.82) is 0 Å². The third-order valence-corrected chi connectivity index (χ3v) is 5.42. The van der Waals surface area contributed by atoms with Crippen molar-refractivity contribution in [3.05, 3.63) is 107 Å². The summed E-state index contributed by atoms with van der Waals surface area (Å²) in [6.07, 6.45) is 3.61. The molecule has 0 aliphatic rings. The van der Waals surface area contributed by atoms with Crippen LogP contribution in [0.25, 0.3) is 6.08 Å². The largest absolute Gasteiger partial charge is 0.282 e. The van der Waals surface area contributed by atoms with Crippen molar-refractivity contribution >= 4 is 21.8 Å². The highest BCUT2D eigenvalue weighted by molar-refractivity contribution is 7.90. The van der Waals surface area contributed by atoms with Gasteiger partial charge in [0, 0.05) is 5.56 Å². The van der Waals surface area contributed by atoms with E-state index in [2.05, 4.69) is 4.40 Å². The first kappa shape index (κ1) is 18.8. The molecule has 3 aromatic rings. The molecule has 0 radical (unpaired) electrons. The van der Waals surface area contributed by atoms with Crippen LogP contribution < -0.4 is 0 Å². The summed E-state index contributed by atoms with van der Waals surface area (Å²) in [7, 11) is -3.80. The molecule has 0 bridgehead atoms. The standard InChI is InChI=1S/C23H21NO2S/c1-18-8-13-21(14-9-18)23(17-12-20-6-4-3-5-7-20)24-27(25,26)22-15-10-19(2)11-16-22/h3-17H,1-2H3/b17-12+,24-23-. The van der Waals surface area contributed by atoms with Crippen molar-refractivity contribution in [1.82, 2.24) is 0 Å². The Bertz CT molecular complexity index is 1060. The smallest absolute Gasteiger partial charge is 0.199 e. The number of hydrogen-bond acceptors (Lipinski definition) is 2. The van der Waals surface area contributed by atoms with Crippen LogP contribution in [0.15, 0.2) is 94.2 Å². The molecule has 3 rings (SSSR count). The SMILES string of the molecule is Cc1ccc(C(/C=C/c2ccccc2)=N\S(=O)(=O)c2ccc(C)cc2)cc1. The van der Waals surface area contributed by atoms with Crippen molar-refractivity contribution in [3.63, 3.8) is 0 Å². The first-order chi connectivity index (χ1) is 12.9. The van der Waals surface area contributed by atoms with E-state index in [1.54, 1.807) is 30.3 Å². The van der Waals surface area contributed by atoms with Crippen LogP contribution in [0.4, 0.5) is 0 Å². The second-order valence-electron chi connectivity index (χ2n) is 6.37. The lowest BCUT2D eigenvalue weighted by Crippen LogP contribution is -2.04. The van der Waals surface area contributed by atoms with Crippen molar-refractivity contribution in [2.75, 3.05) is 0 Å². The molecule has 0 aliphatic heterocycles. The quantitative estimate of drug-likeness (QED) is 0.576. The third-order valence-electron chi connectivity index (χ3n) is 4.12. The minimum Gasteiger partial charge on any atom is -0.199 e. The summed E-state index contributed by atoms with van der Waals surface area (Å²) in [6.45, 7) is 3.91. The van der Waals surface area contributed by atoms with Crippen molar-refractivity contribution in [3.8, 4) is 0 Å². The second-order valence-corrected chi connectivity index (χ2v) is 7.98. The first-order valence-electron chi connectivity index (χ1n) is 8.66. The van der Waals surface area contributed by atoms with Gasteiger partial charge in [0.2, 0.25) is 0 Å². The topological polar surface area (TPSA) is 46.5 Å². The van der Waals surface area contributed by atoms with Gasteiger partial charge in [0.25, 0.3) is 10.0 Å². The van der Waals surface area contributed by atoms with E-state index in [9.17, 15) is 8.42 Å². The molecule has 0 spiro atoms. The van der Waals surface area contributed by atoms with Crippen LogP contribution in [0.5, 0.6) is 0 Å². The van der Waals surface area contributed by atoms with Crippen LogP contribution in [0.1, 0.15) is 22.3 Å². The summed E-state index contributed by atoms with van der Waals surface area (Å²) in [5, 5.41) is 0. The van der Waals surface area contributed by atoms with Gasteiger partial charge >= 0.3 is 0 Å². The number of nitrogens with zero attached hydrogens (tertiary/aromatic N) is 1. The predicted molar refractivity (Wildman–Crippen MR) is 112 cm³/mol. The first-order valence-corrected chi connectivity index (χ1v) is 10.1. The summed E-state index contributed by atoms with van der Waals surface area (Å²) >= 11 is 0. The average Bonchev–Trinajstić information content (AvgIpc) is 2.67. The fraction of sp³-hybridized carbons (Fsp3) is 0.0870. The molecule has 0 N–H and O–H groups in total. The Hall–Kier alpha value is -2.98. The molecular weight excluding hydrogens is 354 g/mol. The van der Waals surface area contributed by atoms with Gasteiger partial charge in [-0.1, -0.05) is 83.9 Å². The molecule has 4 heteroatoms. The normalized spacial score (nSPS) is 12.4. The fourth-order valence-corrected chi connectivity index (χ4v) is 3.55. The van der Waals surface area contributed by atoms with E-state index in [1.807, 2.05) is 74.5 Å². The maximum atomic E-state index is 12.8. The van der Waals surface area contributed by atoms with Gasteiger partial charge in [-0.2, -0.15) is 12.8 Å². The van der Waals surface area contributed by atoms with Crippen LogP contribution in [-0.2, 0) is 10.0 Å². The number of allylic oxidation sites excluding steroid dienone is 1. The Labute approximate surface area is 160 Å². The Morgan fingerprint density at radius 2 is 1.33 bits per heavy atom. The maximum absolute atomic E-state index is 12.8. The summed E-state index contributed by atoms with van der Waals surface area (Å²) in [4.78, 5) is 0.186. The number of sulfonamides is 1. The molecule has 0 aromatic heterocycles. The summed E-state index contributed by atoms with van der Waals surface area (Å²) < 4.78 is 29.7. The molecule has 136 valence electrons. The molecule has 27 heavy (non-hydrogen) atoms. The highest BCUT2D eigenvalue weighted by atomic mass is 32.2. The Morgan fingerprint density at radius 3 is 1.93 bits per heavy atom. The Kier molecular flexibility index (Phi) is 5.67. The monoisotopic (exact) mass is 375 g/mol. The lowest BCUT2D eigenvalue weighted by Gasteiger charge is -2.05. The molecule has 0 atom stereocenters. The average molecular weight is 375 g/mol. The lowest BCUT2D eigenvalue weighted by molar-refractivity contribution is 0.598. The van der Waals surface area contributed by atoms with Crippen LogP contribution in [0.3, 0.4) is 0 Å². The molecule has 0 heterocycles. The Balaban J connectivity index is 2.05. The minimum absolute atomic E-state index is 0.186. The molecule has 0 saturated heterocycles. The van der Waals surface area contributed by atoms with Crippen LogP contribution in [0, 0.1) is 13.8 Å². The zero-order valence-electron chi connectivity index (χ0n) is 15.3. The molecule has 0 fully saturated rings. The van der Waals surface area contributed by atoms with E-state index < -0.39 is 10.0 Å². The molecular formula is C23H21NO2S. The summed E-state index contributed by atoms with van der Waals surface area (Å²) in [6, 6.07) is 24.1. The van der Waals surface area contributed by atoms with Crippen LogP contribution in [-0.4, -0.2) is 14.1 Å². The number of benzene rings is 3. The Morgan fingerprint density at radius 1 is 0.778 bits per heavy atom. The van der Waals surface area contributed by atoms with Crippen LogP contribution in [0.2, 0.25) is 0 Å². The number of aryl methyl sites for hydroxylation is 2. The maximum Gasteiger partial charge on any atom is 0.282 e. The van der Waals surface area contributed by atoms with E-state index in [0.717, 1.165) is 22.3 Å². The van der Waals surface area contributed by atoms with Crippen molar-refractivity contribution in [2.24, 2.45) is 4.40 Å². The highest BCUT2D eigenvalue weighted by Crippen LogP contribution is 2.16. The lowest BCUT2D eigenvalue weighted by atomic mass is 10.1. The van der Waals surface area contributed by atoms with E-state index in [4.69, 9.17) is 0 Å². The predicted octanol–water partition coefficient (Wildman–Crippen LogP) is 5.19. The van der Waals surface area contributed by atoms with E-state index in [1.165, 1.54) is 0 Å². The molecule has 0 aliphatic carbocycles. The highest BCUT2D eigenvalue weighted by Gasteiger charge is 2.14. The second kappa shape index (κ2) is 8.14. The van der Waals surface area contributed by atoms with Gasteiger partial charge in [0.15, 0.2) is 0 Å². The third kappa shape index (κ3) is 5.02. The molecule has 0 unspecified atom stereocenters. The van der Waals surface area contributed by atoms with Gasteiger partial charge in [-0.25, -0.2) is 0 Å². The zero-order valence-corrected chi connectivity index (χ0v) is 16.1. The van der Waals surface area contributed by atoms with Gasteiger partial charge in [-0.15, -0.1) is 0 Å². The van der Waals surface area contributed by atoms with Gasteiger partial charge in [0.1, 0.15) is 0 Å². The van der Waals surface area contributed by atoms with Crippen molar-refractivity contribution < 1.29 is 8.42 Å². The van der Waals surface area contributed by atoms with Gasteiger partial charge in [-0.05, 0) is 37.6 Å². The van der Waals surface area contributed by atoms with Crippen LogP contribution >= 0.6 is 0 Å².